The van der Waals surface area contributed by atoms with Gasteiger partial charge in [0.2, 0.25) is 0 Å². The summed E-state index contributed by atoms with van der Waals surface area (Å²) < 4.78 is 44.5. The van der Waals surface area contributed by atoms with Gasteiger partial charge in [0.15, 0.2) is 5.69 Å². The lowest BCUT2D eigenvalue weighted by Gasteiger charge is -2.10. The molecule has 2 aromatic rings. The summed E-state index contributed by atoms with van der Waals surface area (Å²) in [5, 5.41) is 16.2. The van der Waals surface area contributed by atoms with Crippen molar-refractivity contribution in [3.05, 3.63) is 45.8 Å². The van der Waals surface area contributed by atoms with E-state index >= 15 is 0 Å². The molecule has 0 aliphatic heterocycles. The lowest BCUT2D eigenvalue weighted by molar-refractivity contribution is -0.384. The molecule has 0 aliphatic carbocycles. The summed E-state index contributed by atoms with van der Waals surface area (Å²) in [7, 11) is 2.49. The number of nitrogens with zero attached hydrogens (tertiary/aromatic N) is 3. The second kappa shape index (κ2) is 6.18. The third kappa shape index (κ3) is 3.45. The highest BCUT2D eigenvalue weighted by molar-refractivity contribution is 6.06. The van der Waals surface area contributed by atoms with Gasteiger partial charge >= 0.3 is 6.18 Å². The Morgan fingerprint density at radius 2 is 2.08 bits per heavy atom. The Balaban J connectivity index is 2.40. The monoisotopic (exact) mass is 344 g/mol. The van der Waals surface area contributed by atoms with Gasteiger partial charge in [0.05, 0.1) is 23.3 Å². The number of alkyl halides is 3. The van der Waals surface area contributed by atoms with Gasteiger partial charge in [-0.05, 0) is 6.07 Å². The fraction of sp³-hybridized carbons (Fsp3) is 0.231. The Bertz CT molecular complexity index is 801. The molecule has 8 nitrogen and oxygen atoms in total. The van der Waals surface area contributed by atoms with Crippen molar-refractivity contribution in [2.45, 2.75) is 6.18 Å². The van der Waals surface area contributed by atoms with Gasteiger partial charge in [-0.25, -0.2) is 0 Å². The molecule has 1 aromatic carbocycles. The Hall–Kier alpha value is -3.11. The van der Waals surface area contributed by atoms with Crippen molar-refractivity contribution < 1.29 is 27.6 Å². The zero-order valence-corrected chi connectivity index (χ0v) is 12.4. The zero-order chi connectivity index (χ0) is 18.1. The van der Waals surface area contributed by atoms with E-state index in [0.717, 1.165) is 23.0 Å². The van der Waals surface area contributed by atoms with Crippen LogP contribution in [0, 0.1) is 10.1 Å². The summed E-state index contributed by atoms with van der Waals surface area (Å²) >= 11 is 0. The van der Waals surface area contributed by atoms with Crippen LogP contribution in [0.25, 0.3) is 0 Å². The molecule has 0 radical (unpaired) electrons. The smallest absolute Gasteiger partial charge is 0.435 e. The van der Waals surface area contributed by atoms with Gasteiger partial charge < -0.3 is 10.1 Å². The van der Waals surface area contributed by atoms with Crippen LogP contribution in [-0.2, 0) is 13.2 Å². The number of hydrogen-bond acceptors (Lipinski definition) is 5. The lowest BCUT2D eigenvalue weighted by Crippen LogP contribution is -2.18. The fourth-order valence-corrected chi connectivity index (χ4v) is 1.96. The number of aromatic nitrogens is 2. The van der Waals surface area contributed by atoms with Crippen LogP contribution in [0.2, 0.25) is 0 Å². The number of non-ortho nitro benzene ring substituents is 1. The molecule has 24 heavy (non-hydrogen) atoms. The Morgan fingerprint density at radius 3 is 2.62 bits per heavy atom. The molecule has 1 heterocycles. The number of hydrogen-bond donors (Lipinski definition) is 1. The van der Waals surface area contributed by atoms with E-state index in [9.17, 15) is 28.1 Å². The van der Waals surface area contributed by atoms with Gasteiger partial charge in [0.1, 0.15) is 5.75 Å². The molecule has 0 saturated heterocycles. The molecule has 0 aliphatic rings. The number of methoxy groups -OCH3 is 1. The highest BCUT2D eigenvalue weighted by Gasteiger charge is 2.39. The second-order valence-electron chi connectivity index (χ2n) is 4.66. The van der Waals surface area contributed by atoms with E-state index in [1.165, 1.54) is 20.2 Å². The maximum Gasteiger partial charge on any atom is 0.435 e. The predicted octanol–water partition coefficient (Wildman–Crippen LogP) is 2.61. The highest BCUT2D eigenvalue weighted by Crippen LogP contribution is 2.33. The minimum absolute atomic E-state index is 0.0615. The highest BCUT2D eigenvalue weighted by atomic mass is 19.4. The number of nitro benzene ring substituents is 1. The van der Waals surface area contributed by atoms with E-state index in [-0.39, 0.29) is 17.1 Å². The van der Waals surface area contributed by atoms with E-state index in [0.29, 0.717) is 0 Å². The molecule has 0 fully saturated rings. The first-order valence-corrected chi connectivity index (χ1v) is 6.38. The normalized spacial score (nSPS) is 11.2. The van der Waals surface area contributed by atoms with Crippen molar-refractivity contribution in [3.63, 3.8) is 0 Å². The van der Waals surface area contributed by atoms with Crippen molar-refractivity contribution in [2.75, 3.05) is 12.4 Å². The summed E-state index contributed by atoms with van der Waals surface area (Å²) in [6, 6.07) is 3.35. The number of nitro groups is 1. The molecule has 0 bridgehead atoms. The van der Waals surface area contributed by atoms with Crippen molar-refractivity contribution in [1.82, 2.24) is 9.78 Å². The number of nitrogens with one attached hydrogen (secondary N) is 1. The average Bonchev–Trinajstić information content (AvgIpc) is 2.89. The molecule has 0 atom stereocenters. The molecule has 1 aromatic heterocycles. The van der Waals surface area contributed by atoms with Crippen molar-refractivity contribution >= 4 is 17.3 Å². The standard InChI is InChI=1S/C13H11F3N4O4/c1-19-6-8(11(18-19)13(14,15)16)12(21)17-9-5-7(20(22)23)3-4-10(9)24-2/h3-6H,1-2H3,(H,17,21). The van der Waals surface area contributed by atoms with Crippen LogP contribution >= 0.6 is 0 Å². The van der Waals surface area contributed by atoms with Gasteiger partial charge in [-0.15, -0.1) is 0 Å². The first kappa shape index (κ1) is 17.2. The van der Waals surface area contributed by atoms with Crippen molar-refractivity contribution in [2.24, 2.45) is 7.05 Å². The third-order valence-electron chi connectivity index (χ3n) is 2.98. The minimum Gasteiger partial charge on any atom is -0.495 e. The summed E-state index contributed by atoms with van der Waals surface area (Å²) in [4.78, 5) is 22.2. The minimum atomic E-state index is -4.82. The number of rotatable bonds is 4. The largest absolute Gasteiger partial charge is 0.495 e. The Kier molecular flexibility index (Phi) is 4.44. The molecule has 2 rings (SSSR count). The predicted molar refractivity (Wildman–Crippen MR) is 75.8 cm³/mol. The van der Waals surface area contributed by atoms with Gasteiger partial charge in [-0.2, -0.15) is 18.3 Å². The molecular weight excluding hydrogens is 333 g/mol. The zero-order valence-electron chi connectivity index (χ0n) is 12.4. The summed E-state index contributed by atoms with van der Waals surface area (Å²) in [6.45, 7) is 0. The summed E-state index contributed by atoms with van der Waals surface area (Å²) in [5.41, 5.74) is -2.55. The maximum atomic E-state index is 12.9. The first-order valence-electron chi connectivity index (χ1n) is 6.38. The second-order valence-corrected chi connectivity index (χ2v) is 4.66. The summed E-state index contributed by atoms with van der Waals surface area (Å²) in [6.07, 6.45) is -3.91. The number of carbonyl (C=O) groups is 1. The number of aryl methyl sites for hydroxylation is 1. The van der Waals surface area contributed by atoms with Crippen molar-refractivity contribution in [3.8, 4) is 5.75 Å². The molecule has 11 heteroatoms. The maximum absolute atomic E-state index is 12.9. The van der Waals surface area contributed by atoms with Gasteiger partial charge in [0, 0.05) is 25.4 Å². The van der Waals surface area contributed by atoms with Crippen LogP contribution in [0.5, 0.6) is 5.75 Å². The fourth-order valence-electron chi connectivity index (χ4n) is 1.96. The molecule has 1 amide bonds. The topological polar surface area (TPSA) is 99.3 Å². The number of carbonyl (C=O) groups excluding carboxylic acids is 1. The van der Waals surface area contributed by atoms with E-state index in [1.54, 1.807) is 0 Å². The number of amides is 1. The van der Waals surface area contributed by atoms with Crippen LogP contribution in [0.3, 0.4) is 0 Å². The Morgan fingerprint density at radius 1 is 1.42 bits per heavy atom. The van der Waals surface area contributed by atoms with E-state index in [4.69, 9.17) is 4.74 Å². The van der Waals surface area contributed by atoms with E-state index < -0.39 is 28.3 Å². The molecule has 1 N–H and O–H groups in total. The summed E-state index contributed by atoms with van der Waals surface area (Å²) in [5.74, 6) is -1.05. The number of anilines is 1. The molecule has 128 valence electrons. The molecule has 0 spiro atoms. The van der Waals surface area contributed by atoms with Crippen LogP contribution < -0.4 is 10.1 Å². The van der Waals surface area contributed by atoms with E-state index in [1.807, 2.05) is 0 Å². The number of ether oxygens (including phenoxy) is 1. The van der Waals surface area contributed by atoms with Crippen molar-refractivity contribution in [1.29, 1.82) is 0 Å². The van der Waals surface area contributed by atoms with Crippen LogP contribution in [0.4, 0.5) is 24.5 Å². The Labute approximate surface area is 133 Å². The van der Waals surface area contributed by atoms with Crippen LogP contribution in [0.1, 0.15) is 16.1 Å². The third-order valence-corrected chi connectivity index (χ3v) is 2.98. The lowest BCUT2D eigenvalue weighted by atomic mass is 10.2. The average molecular weight is 344 g/mol. The molecule has 0 saturated carbocycles. The quantitative estimate of drug-likeness (QED) is 0.679. The first-order chi connectivity index (χ1) is 11.1. The molecular formula is C13H11F3N4O4. The van der Waals surface area contributed by atoms with Gasteiger partial charge in [-0.1, -0.05) is 0 Å². The van der Waals surface area contributed by atoms with Gasteiger partial charge in [0.25, 0.3) is 11.6 Å². The SMILES string of the molecule is COc1ccc([N+](=O)[O-])cc1NC(=O)c1cn(C)nc1C(F)(F)F. The van der Waals surface area contributed by atoms with E-state index in [2.05, 4.69) is 10.4 Å². The number of halogens is 3. The molecule has 0 unspecified atom stereocenters. The van der Waals surface area contributed by atoms with Gasteiger partial charge in [-0.3, -0.25) is 19.6 Å². The van der Waals surface area contributed by atoms with Crippen LogP contribution in [-0.4, -0.2) is 27.7 Å². The van der Waals surface area contributed by atoms with Crippen LogP contribution in [0.15, 0.2) is 24.4 Å². The number of benzene rings is 1.